The van der Waals surface area contributed by atoms with E-state index in [2.05, 4.69) is 15.1 Å². The van der Waals surface area contributed by atoms with Crippen molar-refractivity contribution in [3.05, 3.63) is 40.0 Å². The summed E-state index contributed by atoms with van der Waals surface area (Å²) in [5, 5.41) is 8.10. The number of aryl methyl sites for hydroxylation is 1. The molecule has 128 valence electrons. The summed E-state index contributed by atoms with van der Waals surface area (Å²) < 4.78 is 11.1. The van der Waals surface area contributed by atoms with Crippen LogP contribution in [-0.4, -0.2) is 15.1 Å². The minimum atomic E-state index is -0.428. The van der Waals surface area contributed by atoms with Gasteiger partial charge in [0.2, 0.25) is 11.8 Å². The number of hydrogen-bond donors (Lipinski definition) is 1. The van der Waals surface area contributed by atoms with Crippen LogP contribution >= 0.6 is 23.7 Å². The zero-order chi connectivity index (χ0) is 15.9. The lowest BCUT2D eigenvalue weighted by Gasteiger charge is -2.17. The highest BCUT2D eigenvalue weighted by Crippen LogP contribution is 2.34. The molecule has 1 saturated carbocycles. The Morgan fingerprint density at radius 1 is 1.29 bits per heavy atom. The lowest BCUT2D eigenvalue weighted by molar-refractivity contribution is 0.351. The first-order valence-corrected chi connectivity index (χ1v) is 8.69. The summed E-state index contributed by atoms with van der Waals surface area (Å²) in [5.74, 6) is 2.55. The summed E-state index contributed by atoms with van der Waals surface area (Å²) >= 11 is 1.62. The van der Waals surface area contributed by atoms with Crippen molar-refractivity contribution in [2.24, 2.45) is 5.73 Å². The molecule has 3 aromatic heterocycles. The molecule has 0 saturated heterocycles. The molecule has 3 heterocycles. The Morgan fingerprint density at radius 2 is 2.08 bits per heavy atom. The van der Waals surface area contributed by atoms with E-state index in [-0.39, 0.29) is 12.4 Å². The van der Waals surface area contributed by atoms with Crippen LogP contribution < -0.4 is 5.73 Å². The Labute approximate surface area is 149 Å². The normalized spacial score (nSPS) is 16.2. The highest BCUT2D eigenvalue weighted by molar-refractivity contribution is 7.08. The maximum Gasteiger partial charge on any atom is 0.232 e. The van der Waals surface area contributed by atoms with Gasteiger partial charge >= 0.3 is 0 Å². The minimum absolute atomic E-state index is 0. The van der Waals surface area contributed by atoms with Crippen molar-refractivity contribution in [1.82, 2.24) is 15.1 Å². The van der Waals surface area contributed by atoms with Gasteiger partial charge < -0.3 is 14.7 Å². The first kappa shape index (κ1) is 17.1. The molecule has 0 radical (unpaired) electrons. The molecule has 1 fully saturated rings. The van der Waals surface area contributed by atoms with Gasteiger partial charge in [-0.3, -0.25) is 0 Å². The van der Waals surface area contributed by atoms with Crippen molar-refractivity contribution < 1.29 is 8.94 Å². The topological polar surface area (TPSA) is 91.0 Å². The number of nitrogens with zero attached hydrogens (tertiary/aromatic N) is 3. The van der Waals surface area contributed by atoms with Gasteiger partial charge in [-0.2, -0.15) is 16.3 Å². The second kappa shape index (κ2) is 6.66. The monoisotopic (exact) mass is 366 g/mol. The predicted octanol–water partition coefficient (Wildman–Crippen LogP) is 3.84. The number of nitrogens with two attached hydrogens (primary N) is 1. The molecule has 0 bridgehead atoms. The first-order valence-electron chi connectivity index (χ1n) is 7.75. The lowest BCUT2D eigenvalue weighted by Crippen LogP contribution is -2.34. The third-order valence-electron chi connectivity index (χ3n) is 4.39. The number of rotatable bonds is 4. The van der Waals surface area contributed by atoms with Crippen LogP contribution in [0.4, 0.5) is 0 Å². The Balaban J connectivity index is 0.00000169. The fraction of sp³-hybridized carbons (Fsp3) is 0.438. The standard InChI is InChI=1S/C16H18N4O2S.ClH/c1-10-12(18-14(21-10)11-4-7-23-9-11)8-13-19-15(20-22-13)16(17)5-2-3-6-16;/h4,7,9H,2-3,5-6,8,17H2,1H3;1H. The van der Waals surface area contributed by atoms with Gasteiger partial charge in [0.25, 0.3) is 0 Å². The molecular weight excluding hydrogens is 348 g/mol. The van der Waals surface area contributed by atoms with Crippen molar-refractivity contribution >= 4 is 23.7 Å². The quantitative estimate of drug-likeness (QED) is 0.754. The van der Waals surface area contributed by atoms with Gasteiger partial charge in [-0.05, 0) is 31.2 Å². The molecule has 8 heteroatoms. The zero-order valence-electron chi connectivity index (χ0n) is 13.3. The van der Waals surface area contributed by atoms with E-state index in [0.29, 0.717) is 24.0 Å². The van der Waals surface area contributed by atoms with Crippen molar-refractivity contribution in [2.75, 3.05) is 0 Å². The van der Waals surface area contributed by atoms with Gasteiger partial charge in [-0.25, -0.2) is 4.98 Å². The van der Waals surface area contributed by atoms with Crippen molar-refractivity contribution in [3.8, 4) is 11.5 Å². The fourth-order valence-corrected chi connectivity index (χ4v) is 3.63. The maximum absolute atomic E-state index is 6.37. The molecule has 0 spiro atoms. The number of thiophene rings is 1. The molecule has 2 N–H and O–H groups in total. The average molecular weight is 367 g/mol. The molecule has 1 aliphatic rings. The van der Waals surface area contributed by atoms with Crippen LogP contribution in [0.5, 0.6) is 0 Å². The number of oxazole rings is 1. The number of hydrogen-bond acceptors (Lipinski definition) is 7. The Morgan fingerprint density at radius 3 is 2.79 bits per heavy atom. The second-order valence-corrected chi connectivity index (χ2v) is 6.87. The molecule has 1 aliphatic carbocycles. The molecule has 0 amide bonds. The minimum Gasteiger partial charge on any atom is -0.441 e. The predicted molar refractivity (Wildman–Crippen MR) is 93.2 cm³/mol. The largest absolute Gasteiger partial charge is 0.441 e. The first-order chi connectivity index (χ1) is 11.1. The van der Waals surface area contributed by atoms with Crippen molar-refractivity contribution in [3.63, 3.8) is 0 Å². The molecular formula is C16H19ClN4O2S. The van der Waals surface area contributed by atoms with E-state index in [1.807, 2.05) is 23.8 Å². The third-order valence-corrected chi connectivity index (χ3v) is 5.07. The van der Waals surface area contributed by atoms with Gasteiger partial charge in [0.05, 0.1) is 17.7 Å². The molecule has 3 aromatic rings. The van der Waals surface area contributed by atoms with Crippen LogP contribution in [0, 0.1) is 6.92 Å². The average Bonchev–Trinajstić information content (AvgIpc) is 3.28. The van der Waals surface area contributed by atoms with Crippen LogP contribution in [0.1, 0.15) is 48.9 Å². The van der Waals surface area contributed by atoms with Gasteiger partial charge in [0.1, 0.15) is 5.76 Å². The molecule has 6 nitrogen and oxygen atoms in total. The highest BCUT2D eigenvalue weighted by Gasteiger charge is 2.36. The smallest absolute Gasteiger partial charge is 0.232 e. The van der Waals surface area contributed by atoms with Gasteiger partial charge in [0.15, 0.2) is 5.82 Å². The fourth-order valence-electron chi connectivity index (χ4n) is 3.00. The summed E-state index contributed by atoms with van der Waals surface area (Å²) in [5.41, 5.74) is 7.75. The Hall–Kier alpha value is -1.70. The summed E-state index contributed by atoms with van der Waals surface area (Å²) in [4.78, 5) is 9.04. The zero-order valence-corrected chi connectivity index (χ0v) is 15.0. The van der Waals surface area contributed by atoms with Crippen LogP contribution in [0.25, 0.3) is 11.5 Å². The Bertz CT molecular complexity index is 806. The maximum atomic E-state index is 6.37. The van der Waals surface area contributed by atoms with Crippen molar-refractivity contribution in [1.29, 1.82) is 0 Å². The van der Waals surface area contributed by atoms with Crippen LogP contribution in [0.3, 0.4) is 0 Å². The summed E-state index contributed by atoms with van der Waals surface area (Å²) in [7, 11) is 0. The van der Waals surface area contributed by atoms with Crippen LogP contribution in [0.15, 0.2) is 25.8 Å². The molecule has 0 atom stereocenters. The second-order valence-electron chi connectivity index (χ2n) is 6.09. The molecule has 4 rings (SSSR count). The van der Waals surface area contributed by atoms with E-state index >= 15 is 0 Å². The molecule has 0 unspecified atom stereocenters. The van der Waals surface area contributed by atoms with E-state index in [1.165, 1.54) is 0 Å². The number of halogens is 1. The highest BCUT2D eigenvalue weighted by atomic mass is 35.5. The van der Waals surface area contributed by atoms with Gasteiger partial charge in [0, 0.05) is 10.9 Å². The SMILES string of the molecule is Cc1oc(-c2ccsc2)nc1Cc1nc(C2(N)CCCC2)no1.Cl. The van der Waals surface area contributed by atoms with E-state index in [4.69, 9.17) is 14.7 Å². The van der Waals surface area contributed by atoms with Crippen molar-refractivity contribution in [2.45, 2.75) is 44.6 Å². The van der Waals surface area contributed by atoms with Gasteiger partial charge in [-0.1, -0.05) is 18.0 Å². The summed E-state index contributed by atoms with van der Waals surface area (Å²) in [6.07, 6.45) is 4.52. The van der Waals surface area contributed by atoms with Crippen LogP contribution in [-0.2, 0) is 12.0 Å². The van der Waals surface area contributed by atoms with Gasteiger partial charge in [-0.15, -0.1) is 12.4 Å². The van der Waals surface area contributed by atoms with E-state index in [1.54, 1.807) is 11.3 Å². The van der Waals surface area contributed by atoms with Crippen LogP contribution in [0.2, 0.25) is 0 Å². The molecule has 0 aliphatic heterocycles. The third kappa shape index (κ3) is 3.11. The summed E-state index contributed by atoms with van der Waals surface area (Å²) in [6.45, 7) is 1.90. The van der Waals surface area contributed by atoms with E-state index in [0.717, 1.165) is 42.7 Å². The molecule has 24 heavy (non-hydrogen) atoms. The molecule has 0 aromatic carbocycles. The lowest BCUT2D eigenvalue weighted by atomic mass is 9.99. The van der Waals surface area contributed by atoms with E-state index < -0.39 is 5.54 Å². The Kier molecular flexibility index (Phi) is 4.76. The summed E-state index contributed by atoms with van der Waals surface area (Å²) in [6, 6.07) is 1.99. The number of aromatic nitrogens is 3. The van der Waals surface area contributed by atoms with E-state index in [9.17, 15) is 0 Å².